The van der Waals surface area contributed by atoms with Crippen molar-refractivity contribution < 1.29 is 14.6 Å². The summed E-state index contributed by atoms with van der Waals surface area (Å²) in [5, 5.41) is 9.20. The minimum Gasteiger partial charge on any atom is -0.477 e. The fourth-order valence-corrected chi connectivity index (χ4v) is 6.71. The summed E-state index contributed by atoms with van der Waals surface area (Å²) in [7, 11) is 0. The van der Waals surface area contributed by atoms with E-state index in [-0.39, 0.29) is 5.60 Å². The smallest absolute Gasteiger partial charge is 0.345 e. The number of carboxylic acids is 1. The molecule has 6 heteroatoms. The van der Waals surface area contributed by atoms with Crippen molar-refractivity contribution in [1.29, 1.82) is 0 Å². The number of rotatable bonds is 8. The van der Waals surface area contributed by atoms with Crippen molar-refractivity contribution in [2.45, 2.75) is 64.6 Å². The van der Waals surface area contributed by atoms with Gasteiger partial charge in [0, 0.05) is 11.1 Å². The first-order valence-corrected chi connectivity index (χ1v) is 12.7. The number of thiophene rings is 1. The number of hydrogen-bond acceptors (Lipinski definition) is 5. The third-order valence-corrected chi connectivity index (χ3v) is 8.55. The minimum atomic E-state index is -0.874. The Morgan fingerprint density at radius 3 is 2.65 bits per heavy atom. The Bertz CT molecular complexity index is 1020. The molecule has 1 saturated carbocycles. The van der Waals surface area contributed by atoms with Gasteiger partial charge in [-0.3, -0.25) is 4.98 Å². The zero-order valence-corrected chi connectivity index (χ0v) is 19.7. The average Bonchev–Trinajstić information content (AvgIpc) is 3.48. The van der Waals surface area contributed by atoms with Crippen LogP contribution in [0.25, 0.3) is 10.4 Å². The lowest BCUT2D eigenvalue weighted by Gasteiger charge is -2.41. The molecule has 0 bridgehead atoms. The Hall–Kier alpha value is -2.02. The van der Waals surface area contributed by atoms with Crippen molar-refractivity contribution in [2.24, 2.45) is 5.92 Å². The molecule has 3 aromatic rings. The molecule has 0 aliphatic heterocycles. The van der Waals surface area contributed by atoms with Crippen LogP contribution in [0.5, 0.6) is 0 Å². The highest BCUT2D eigenvalue weighted by atomic mass is 32.1. The van der Waals surface area contributed by atoms with Gasteiger partial charge in [0.15, 0.2) is 0 Å². The summed E-state index contributed by atoms with van der Waals surface area (Å²) in [6.45, 7) is 4.88. The zero-order valence-electron chi connectivity index (χ0n) is 18.1. The van der Waals surface area contributed by atoms with Gasteiger partial charge in [-0.1, -0.05) is 44.4 Å². The van der Waals surface area contributed by atoms with Crippen LogP contribution in [-0.2, 0) is 16.9 Å². The van der Waals surface area contributed by atoms with Crippen LogP contribution in [0.2, 0.25) is 0 Å². The number of carbonyl (C=O) groups is 1. The van der Waals surface area contributed by atoms with Crippen LogP contribution in [0.15, 0.2) is 42.0 Å². The van der Waals surface area contributed by atoms with E-state index in [0.29, 0.717) is 17.4 Å². The largest absolute Gasteiger partial charge is 0.477 e. The van der Waals surface area contributed by atoms with Crippen molar-refractivity contribution in [3.8, 4) is 10.4 Å². The highest BCUT2D eigenvalue weighted by molar-refractivity contribution is 7.17. The Morgan fingerprint density at radius 1 is 1.23 bits per heavy atom. The summed E-state index contributed by atoms with van der Waals surface area (Å²) < 4.78 is 6.78. The number of aromatic carboxylic acids is 1. The van der Waals surface area contributed by atoms with E-state index in [1.165, 1.54) is 48.3 Å². The van der Waals surface area contributed by atoms with E-state index < -0.39 is 5.97 Å². The first kappa shape index (κ1) is 22.2. The highest BCUT2D eigenvalue weighted by Gasteiger charge is 2.41. The molecule has 1 fully saturated rings. The molecule has 0 amide bonds. The van der Waals surface area contributed by atoms with Crippen LogP contribution in [0.4, 0.5) is 0 Å². The monoisotopic (exact) mass is 455 g/mol. The van der Waals surface area contributed by atoms with Crippen molar-refractivity contribution in [1.82, 2.24) is 4.98 Å². The third kappa shape index (κ3) is 4.61. The predicted molar refractivity (Wildman–Crippen MR) is 127 cm³/mol. The van der Waals surface area contributed by atoms with Crippen molar-refractivity contribution in [3.63, 3.8) is 0 Å². The van der Waals surface area contributed by atoms with Crippen LogP contribution in [-0.4, -0.2) is 16.1 Å². The fourth-order valence-electron chi connectivity index (χ4n) is 4.85. The highest BCUT2D eigenvalue weighted by Crippen LogP contribution is 2.46. The number of hydrogen-bond donors (Lipinski definition) is 1. The Kier molecular flexibility index (Phi) is 6.89. The summed E-state index contributed by atoms with van der Waals surface area (Å²) in [6, 6.07) is 9.93. The maximum atomic E-state index is 11.2. The maximum Gasteiger partial charge on any atom is 0.345 e. The Balaban J connectivity index is 1.55. The summed E-state index contributed by atoms with van der Waals surface area (Å²) in [5.74, 6) is -0.340. The number of nitrogens with zero attached hydrogens (tertiary/aromatic N) is 1. The second-order valence-corrected chi connectivity index (χ2v) is 10.3. The second-order valence-electron chi connectivity index (χ2n) is 8.35. The number of carboxylic acid groups (broad SMARTS) is 1. The number of ether oxygens (including phenoxy) is 1. The molecule has 0 saturated heterocycles. The molecular weight excluding hydrogens is 426 g/mol. The van der Waals surface area contributed by atoms with Gasteiger partial charge in [-0.05, 0) is 60.9 Å². The standard InChI is InChI=1S/C25H29NO3S2/c1-3-25(23-14-26-16-30-23,19-7-5-4-6-8-19)29-15-18-9-10-20(17(2)13-18)21-11-12-22(31-21)24(27)28/h9-14,16,19H,3-8,15H2,1-2H3,(H,27,28). The van der Waals surface area contributed by atoms with E-state index in [9.17, 15) is 9.90 Å². The number of thiazole rings is 1. The molecule has 1 aliphatic rings. The lowest BCUT2D eigenvalue weighted by atomic mass is 9.74. The molecule has 0 radical (unpaired) electrons. The van der Waals surface area contributed by atoms with Crippen LogP contribution >= 0.6 is 22.7 Å². The van der Waals surface area contributed by atoms with Gasteiger partial charge in [0.25, 0.3) is 0 Å². The lowest BCUT2D eigenvalue weighted by molar-refractivity contribution is -0.113. The van der Waals surface area contributed by atoms with Gasteiger partial charge in [-0.15, -0.1) is 22.7 Å². The van der Waals surface area contributed by atoms with Crippen LogP contribution in [0.3, 0.4) is 0 Å². The topological polar surface area (TPSA) is 59.4 Å². The van der Waals surface area contributed by atoms with Gasteiger partial charge >= 0.3 is 5.97 Å². The molecule has 31 heavy (non-hydrogen) atoms. The van der Waals surface area contributed by atoms with Crippen molar-refractivity contribution in [3.05, 3.63) is 62.9 Å². The van der Waals surface area contributed by atoms with E-state index in [1.54, 1.807) is 17.4 Å². The normalized spacial score (nSPS) is 16.8. The van der Waals surface area contributed by atoms with Gasteiger partial charge in [0.05, 0.1) is 17.0 Å². The molecule has 1 aliphatic carbocycles. The van der Waals surface area contributed by atoms with Gasteiger partial charge < -0.3 is 9.84 Å². The quantitative estimate of drug-likeness (QED) is 0.388. The molecule has 164 valence electrons. The molecule has 4 rings (SSSR count). The zero-order chi connectivity index (χ0) is 21.8. The van der Waals surface area contributed by atoms with E-state index >= 15 is 0 Å². The van der Waals surface area contributed by atoms with Crippen LogP contribution in [0.1, 0.15) is 71.1 Å². The first-order chi connectivity index (χ1) is 15.0. The van der Waals surface area contributed by atoms with Gasteiger partial charge in [0.1, 0.15) is 10.5 Å². The van der Waals surface area contributed by atoms with Gasteiger partial charge in [-0.25, -0.2) is 4.79 Å². The molecular formula is C25H29NO3S2. The summed E-state index contributed by atoms with van der Waals surface area (Å²) in [5.41, 5.74) is 5.01. The predicted octanol–water partition coefficient (Wildman–Crippen LogP) is 7.28. The van der Waals surface area contributed by atoms with E-state index in [0.717, 1.165) is 28.0 Å². The van der Waals surface area contributed by atoms with Crippen molar-refractivity contribution >= 4 is 28.6 Å². The number of aryl methyl sites for hydroxylation is 1. The number of benzene rings is 1. The Labute approximate surface area is 191 Å². The van der Waals surface area contributed by atoms with E-state index in [4.69, 9.17) is 4.74 Å². The maximum absolute atomic E-state index is 11.2. The molecule has 1 atom stereocenters. The van der Waals surface area contributed by atoms with Crippen molar-refractivity contribution in [2.75, 3.05) is 0 Å². The lowest BCUT2D eigenvalue weighted by Crippen LogP contribution is -2.38. The second kappa shape index (κ2) is 9.63. The van der Waals surface area contributed by atoms with E-state index in [1.807, 2.05) is 17.8 Å². The summed E-state index contributed by atoms with van der Waals surface area (Å²) in [6.07, 6.45) is 9.26. The first-order valence-electron chi connectivity index (χ1n) is 11.0. The summed E-state index contributed by atoms with van der Waals surface area (Å²) >= 11 is 3.02. The van der Waals surface area contributed by atoms with Gasteiger partial charge in [-0.2, -0.15) is 0 Å². The molecule has 1 aromatic carbocycles. The number of aromatic nitrogens is 1. The molecule has 1 unspecified atom stereocenters. The fraction of sp³-hybridized carbons (Fsp3) is 0.440. The Morgan fingerprint density at radius 2 is 2.03 bits per heavy atom. The molecule has 2 aromatic heterocycles. The minimum absolute atomic E-state index is 0.266. The summed E-state index contributed by atoms with van der Waals surface area (Å²) in [4.78, 5) is 18.2. The molecule has 2 heterocycles. The molecule has 4 nitrogen and oxygen atoms in total. The van der Waals surface area contributed by atoms with Crippen LogP contribution in [0, 0.1) is 12.8 Å². The van der Waals surface area contributed by atoms with Gasteiger partial charge in [0.2, 0.25) is 0 Å². The average molecular weight is 456 g/mol. The molecule has 0 spiro atoms. The third-order valence-electron chi connectivity index (χ3n) is 6.51. The SMILES string of the molecule is CCC(OCc1ccc(-c2ccc(C(=O)O)s2)c(C)c1)(c1cncs1)C1CCCCC1. The van der Waals surface area contributed by atoms with E-state index in [2.05, 4.69) is 37.0 Å². The molecule has 1 N–H and O–H groups in total. The van der Waals surface area contributed by atoms with Crippen LogP contribution < -0.4 is 0 Å².